The van der Waals surface area contributed by atoms with Crippen LogP contribution in [-0.4, -0.2) is 27.2 Å². The van der Waals surface area contributed by atoms with Gasteiger partial charge in [0.25, 0.3) is 5.56 Å². The van der Waals surface area contributed by atoms with E-state index in [2.05, 4.69) is 17.1 Å². The Morgan fingerprint density at radius 1 is 1.04 bits per heavy atom. The van der Waals surface area contributed by atoms with Gasteiger partial charge in [-0.15, -0.1) is 0 Å². The summed E-state index contributed by atoms with van der Waals surface area (Å²) in [5, 5.41) is 1.27. The molecule has 0 bridgehead atoms. The van der Waals surface area contributed by atoms with E-state index in [0.717, 1.165) is 16.6 Å². The molecule has 0 saturated heterocycles. The third-order valence-corrected chi connectivity index (χ3v) is 4.73. The third kappa shape index (κ3) is 3.44. The van der Waals surface area contributed by atoms with Gasteiger partial charge in [-0.05, 0) is 29.1 Å². The first-order valence-electron chi connectivity index (χ1n) is 8.90. The maximum atomic E-state index is 13.0. The Balaban J connectivity index is 1.67. The first kappa shape index (κ1) is 17.7. The largest absolute Gasteiger partial charge is 0.465 e. The zero-order valence-electron chi connectivity index (χ0n) is 15.4. The summed E-state index contributed by atoms with van der Waals surface area (Å²) < 4.78 is 8.40. The van der Waals surface area contributed by atoms with Crippen molar-refractivity contribution in [2.45, 2.75) is 13.1 Å². The van der Waals surface area contributed by atoms with E-state index in [1.54, 1.807) is 41.5 Å². The molecule has 4 rings (SSSR count). The van der Waals surface area contributed by atoms with Crippen LogP contribution in [0.1, 0.15) is 21.6 Å². The van der Waals surface area contributed by atoms with Crippen LogP contribution in [0.2, 0.25) is 0 Å². The van der Waals surface area contributed by atoms with E-state index in [9.17, 15) is 9.59 Å². The number of ether oxygens (including phenoxy) is 1. The summed E-state index contributed by atoms with van der Waals surface area (Å²) in [6.07, 6.45) is 5.30. The normalized spacial score (nSPS) is 10.9. The number of imidazole rings is 1. The van der Waals surface area contributed by atoms with Gasteiger partial charge >= 0.3 is 5.97 Å². The van der Waals surface area contributed by atoms with Crippen molar-refractivity contribution in [3.8, 4) is 0 Å². The molecular formula is C22H19N3O3. The Morgan fingerprint density at radius 2 is 1.86 bits per heavy atom. The first-order valence-corrected chi connectivity index (χ1v) is 8.90. The number of carbonyl (C=O) groups excluding carboxylic acids is 1. The van der Waals surface area contributed by atoms with Gasteiger partial charge in [-0.1, -0.05) is 36.4 Å². The number of hydrogen-bond acceptors (Lipinski definition) is 4. The SMILES string of the molecule is COC(=O)c1ccc2ccn(Cc3cncn3Cc3ccccc3)c(=O)c2c1. The summed E-state index contributed by atoms with van der Waals surface area (Å²) in [7, 11) is 1.32. The molecule has 0 atom stereocenters. The van der Waals surface area contributed by atoms with Crippen LogP contribution in [0.25, 0.3) is 10.8 Å². The van der Waals surface area contributed by atoms with Crippen molar-refractivity contribution < 1.29 is 9.53 Å². The van der Waals surface area contributed by atoms with Gasteiger partial charge in [0.05, 0.1) is 31.2 Å². The smallest absolute Gasteiger partial charge is 0.337 e. The van der Waals surface area contributed by atoms with Gasteiger partial charge in [0, 0.05) is 24.3 Å². The molecule has 0 fully saturated rings. The van der Waals surface area contributed by atoms with Crippen molar-refractivity contribution in [1.29, 1.82) is 0 Å². The number of methoxy groups -OCH3 is 1. The number of rotatable bonds is 5. The minimum Gasteiger partial charge on any atom is -0.465 e. The number of fused-ring (bicyclic) bond motifs is 1. The first-order chi connectivity index (χ1) is 13.7. The number of benzene rings is 2. The van der Waals surface area contributed by atoms with Crippen molar-refractivity contribution in [3.05, 3.63) is 100 Å². The van der Waals surface area contributed by atoms with Gasteiger partial charge in [-0.3, -0.25) is 4.79 Å². The van der Waals surface area contributed by atoms with Gasteiger partial charge in [-0.2, -0.15) is 0 Å². The second-order valence-electron chi connectivity index (χ2n) is 6.54. The lowest BCUT2D eigenvalue weighted by Gasteiger charge is -2.11. The van der Waals surface area contributed by atoms with E-state index in [4.69, 9.17) is 4.74 Å². The summed E-state index contributed by atoms with van der Waals surface area (Å²) in [4.78, 5) is 29.0. The number of nitrogens with zero attached hydrogens (tertiary/aromatic N) is 3. The molecule has 2 aromatic carbocycles. The highest BCUT2D eigenvalue weighted by Crippen LogP contribution is 2.14. The van der Waals surface area contributed by atoms with E-state index >= 15 is 0 Å². The maximum absolute atomic E-state index is 13.0. The van der Waals surface area contributed by atoms with Crippen LogP contribution in [0.5, 0.6) is 0 Å². The molecule has 2 heterocycles. The van der Waals surface area contributed by atoms with Crippen molar-refractivity contribution in [1.82, 2.24) is 14.1 Å². The van der Waals surface area contributed by atoms with E-state index in [1.807, 2.05) is 28.8 Å². The third-order valence-electron chi connectivity index (χ3n) is 4.73. The fraction of sp³-hybridized carbons (Fsp3) is 0.136. The lowest BCUT2D eigenvalue weighted by molar-refractivity contribution is 0.0601. The van der Waals surface area contributed by atoms with Crippen molar-refractivity contribution in [2.24, 2.45) is 0 Å². The second kappa shape index (κ2) is 7.52. The Labute approximate surface area is 161 Å². The lowest BCUT2D eigenvalue weighted by Crippen LogP contribution is -2.22. The zero-order valence-corrected chi connectivity index (χ0v) is 15.4. The van der Waals surface area contributed by atoms with E-state index in [1.165, 1.54) is 7.11 Å². The van der Waals surface area contributed by atoms with E-state index < -0.39 is 5.97 Å². The Morgan fingerprint density at radius 3 is 2.64 bits per heavy atom. The predicted octanol–water partition coefficient (Wildman–Crippen LogP) is 3.08. The van der Waals surface area contributed by atoms with Crippen molar-refractivity contribution >= 4 is 16.7 Å². The second-order valence-corrected chi connectivity index (χ2v) is 6.54. The van der Waals surface area contributed by atoms with E-state index in [0.29, 0.717) is 24.0 Å². The van der Waals surface area contributed by atoms with Crippen LogP contribution in [0.15, 0.2) is 78.1 Å². The Hall–Kier alpha value is -3.67. The van der Waals surface area contributed by atoms with Crippen LogP contribution in [0.4, 0.5) is 0 Å². The Bertz CT molecular complexity index is 1190. The number of aromatic nitrogens is 3. The topological polar surface area (TPSA) is 66.1 Å². The minimum atomic E-state index is -0.461. The van der Waals surface area contributed by atoms with Gasteiger partial charge in [0.15, 0.2) is 0 Å². The minimum absolute atomic E-state index is 0.157. The lowest BCUT2D eigenvalue weighted by atomic mass is 10.1. The average Bonchev–Trinajstić information content (AvgIpc) is 3.16. The molecule has 0 unspecified atom stereocenters. The summed E-state index contributed by atoms with van der Waals surface area (Å²) in [5.74, 6) is -0.461. The van der Waals surface area contributed by atoms with Gasteiger partial charge in [0.2, 0.25) is 0 Å². The number of hydrogen-bond donors (Lipinski definition) is 0. The summed E-state index contributed by atoms with van der Waals surface area (Å²) >= 11 is 0. The predicted molar refractivity (Wildman–Crippen MR) is 106 cm³/mol. The summed E-state index contributed by atoms with van der Waals surface area (Å²) in [6, 6.07) is 17.0. The molecule has 6 nitrogen and oxygen atoms in total. The van der Waals surface area contributed by atoms with Crippen LogP contribution in [0, 0.1) is 0 Å². The van der Waals surface area contributed by atoms with Gasteiger partial charge < -0.3 is 13.9 Å². The molecular weight excluding hydrogens is 354 g/mol. The highest BCUT2D eigenvalue weighted by Gasteiger charge is 2.11. The molecule has 140 valence electrons. The fourth-order valence-electron chi connectivity index (χ4n) is 3.23. The van der Waals surface area contributed by atoms with Crippen molar-refractivity contribution in [2.75, 3.05) is 7.11 Å². The molecule has 0 N–H and O–H groups in total. The molecule has 0 aliphatic carbocycles. The average molecular weight is 373 g/mol. The molecule has 0 radical (unpaired) electrons. The molecule has 4 aromatic rings. The van der Waals surface area contributed by atoms with Crippen molar-refractivity contribution in [3.63, 3.8) is 0 Å². The molecule has 0 spiro atoms. The summed E-state index contributed by atoms with van der Waals surface area (Å²) in [6.45, 7) is 1.08. The maximum Gasteiger partial charge on any atom is 0.337 e. The summed E-state index contributed by atoms with van der Waals surface area (Å²) in [5.41, 5.74) is 2.29. The molecule has 0 aliphatic heterocycles. The molecule has 6 heteroatoms. The highest BCUT2D eigenvalue weighted by molar-refractivity contribution is 5.95. The molecule has 0 aliphatic rings. The molecule has 0 amide bonds. The monoisotopic (exact) mass is 373 g/mol. The number of pyridine rings is 1. The fourth-order valence-corrected chi connectivity index (χ4v) is 3.23. The molecule has 0 saturated carbocycles. The van der Waals surface area contributed by atoms with Gasteiger partial charge in [0.1, 0.15) is 0 Å². The number of carbonyl (C=O) groups is 1. The zero-order chi connectivity index (χ0) is 19.5. The van der Waals surface area contributed by atoms with Crippen LogP contribution in [0.3, 0.4) is 0 Å². The quantitative estimate of drug-likeness (QED) is 0.504. The van der Waals surface area contributed by atoms with E-state index in [-0.39, 0.29) is 5.56 Å². The van der Waals surface area contributed by atoms with Crippen LogP contribution in [-0.2, 0) is 17.8 Å². The molecule has 2 aromatic heterocycles. The standard InChI is InChI=1S/C22H19N3O3/c1-28-22(27)18-8-7-17-9-10-24(21(26)20(17)11-18)14-19-12-23-15-25(19)13-16-5-3-2-4-6-16/h2-12,15H,13-14H2,1H3. The highest BCUT2D eigenvalue weighted by atomic mass is 16.5. The van der Waals surface area contributed by atoms with Crippen LogP contribution < -0.4 is 5.56 Å². The number of esters is 1. The molecule has 28 heavy (non-hydrogen) atoms. The van der Waals surface area contributed by atoms with Crippen LogP contribution >= 0.6 is 0 Å². The van der Waals surface area contributed by atoms with Gasteiger partial charge in [-0.25, -0.2) is 9.78 Å². The Kier molecular flexibility index (Phi) is 4.76.